The van der Waals surface area contributed by atoms with Crippen LogP contribution >= 0.6 is 38.5 Å². The Kier molecular flexibility index (Phi) is 3.64. The molecule has 1 heterocycles. The van der Waals surface area contributed by atoms with Crippen molar-refractivity contribution in [3.63, 3.8) is 0 Å². The molecule has 0 bridgehead atoms. The molecule has 0 N–H and O–H groups in total. The maximum absolute atomic E-state index is 13.2. The van der Waals surface area contributed by atoms with Crippen molar-refractivity contribution in [2.75, 3.05) is 0 Å². The van der Waals surface area contributed by atoms with E-state index in [1.165, 1.54) is 18.2 Å². The van der Waals surface area contributed by atoms with E-state index in [1.54, 1.807) is 12.1 Å². The van der Waals surface area contributed by atoms with Crippen molar-refractivity contribution < 1.29 is 13.6 Å². The van der Waals surface area contributed by atoms with Gasteiger partial charge < -0.3 is 4.42 Å². The molecular formula is C15H7BrFIO2. The van der Waals surface area contributed by atoms with Crippen LogP contribution in [0.15, 0.2) is 51.4 Å². The molecule has 3 aromatic rings. The number of carbonyl (C=O) groups is 1. The topological polar surface area (TPSA) is 30.2 Å². The van der Waals surface area contributed by atoms with E-state index in [4.69, 9.17) is 4.42 Å². The molecule has 0 aliphatic rings. The Balaban J connectivity index is 2.10. The van der Waals surface area contributed by atoms with Crippen LogP contribution < -0.4 is 0 Å². The first kappa shape index (κ1) is 13.8. The minimum Gasteiger partial charge on any atom is -0.453 e. The van der Waals surface area contributed by atoms with Crippen LogP contribution in [0.1, 0.15) is 16.1 Å². The summed E-state index contributed by atoms with van der Waals surface area (Å²) in [5.41, 5.74) is 1.02. The van der Waals surface area contributed by atoms with Crippen LogP contribution in [0.2, 0.25) is 0 Å². The normalized spacial score (nSPS) is 10.9. The highest BCUT2D eigenvalue weighted by molar-refractivity contribution is 14.1. The van der Waals surface area contributed by atoms with E-state index in [1.807, 2.05) is 12.1 Å². The Labute approximate surface area is 136 Å². The van der Waals surface area contributed by atoms with E-state index in [-0.39, 0.29) is 17.4 Å². The maximum Gasteiger partial charge on any atom is 0.229 e. The third kappa shape index (κ3) is 2.52. The summed E-state index contributed by atoms with van der Waals surface area (Å²) in [6, 6.07) is 11.2. The van der Waals surface area contributed by atoms with Crippen molar-refractivity contribution >= 4 is 55.3 Å². The molecule has 0 radical (unpaired) electrons. The van der Waals surface area contributed by atoms with Gasteiger partial charge in [-0.1, -0.05) is 15.9 Å². The lowest BCUT2D eigenvalue weighted by molar-refractivity contribution is 0.101. The molecular weight excluding hydrogens is 438 g/mol. The lowest BCUT2D eigenvalue weighted by Gasteiger charge is -2.01. The first-order valence-corrected chi connectivity index (χ1v) is 7.60. The molecule has 0 saturated heterocycles. The van der Waals surface area contributed by atoms with Crippen LogP contribution in [0, 0.1) is 9.39 Å². The Morgan fingerprint density at radius 1 is 1.15 bits per heavy atom. The standard InChI is InChI=1S/C15H7BrFIO2/c16-12-3-2-10(18)7-11(12)15(19)14-6-8-5-9(17)1-4-13(8)20-14/h1-7H. The highest BCUT2D eigenvalue weighted by Gasteiger charge is 2.17. The number of halogens is 3. The lowest BCUT2D eigenvalue weighted by atomic mass is 10.1. The zero-order valence-electron chi connectivity index (χ0n) is 9.99. The molecule has 100 valence electrons. The SMILES string of the molecule is O=C(c1cc2cc(F)ccc2o1)c1cc(I)ccc1Br. The Bertz CT molecular complexity index is 826. The average molecular weight is 445 g/mol. The first-order chi connectivity index (χ1) is 9.54. The third-order valence-corrected chi connectivity index (χ3v) is 4.24. The van der Waals surface area contributed by atoms with E-state index in [0.29, 0.717) is 21.0 Å². The van der Waals surface area contributed by atoms with Gasteiger partial charge in [0.15, 0.2) is 5.76 Å². The summed E-state index contributed by atoms with van der Waals surface area (Å²) in [4.78, 5) is 12.5. The smallest absolute Gasteiger partial charge is 0.229 e. The van der Waals surface area contributed by atoms with Gasteiger partial charge in [-0.05, 0) is 65.1 Å². The molecule has 0 amide bonds. The van der Waals surface area contributed by atoms with Gasteiger partial charge in [0.25, 0.3) is 0 Å². The quantitative estimate of drug-likeness (QED) is 0.403. The largest absolute Gasteiger partial charge is 0.453 e. The second kappa shape index (κ2) is 5.29. The number of carbonyl (C=O) groups excluding carboxylic acids is 1. The van der Waals surface area contributed by atoms with Crippen LogP contribution in [0.25, 0.3) is 11.0 Å². The van der Waals surface area contributed by atoms with Crippen LogP contribution in [0.5, 0.6) is 0 Å². The number of hydrogen-bond acceptors (Lipinski definition) is 2. The highest BCUT2D eigenvalue weighted by atomic mass is 127. The van der Waals surface area contributed by atoms with Gasteiger partial charge in [0.05, 0.1) is 0 Å². The minimum absolute atomic E-state index is 0.202. The van der Waals surface area contributed by atoms with Crippen molar-refractivity contribution in [1.29, 1.82) is 0 Å². The zero-order chi connectivity index (χ0) is 14.3. The van der Waals surface area contributed by atoms with E-state index in [2.05, 4.69) is 38.5 Å². The molecule has 3 rings (SSSR count). The molecule has 0 unspecified atom stereocenters. The molecule has 0 aliphatic carbocycles. The Hall–Kier alpha value is -1.21. The van der Waals surface area contributed by atoms with Crippen LogP contribution in [0.3, 0.4) is 0 Å². The summed E-state index contributed by atoms with van der Waals surface area (Å²) >= 11 is 5.50. The molecule has 20 heavy (non-hydrogen) atoms. The number of fused-ring (bicyclic) bond motifs is 1. The maximum atomic E-state index is 13.2. The molecule has 0 atom stereocenters. The number of rotatable bonds is 2. The van der Waals surface area contributed by atoms with Crippen LogP contribution in [-0.2, 0) is 0 Å². The van der Waals surface area contributed by atoms with Gasteiger partial charge in [-0.3, -0.25) is 4.79 Å². The monoisotopic (exact) mass is 444 g/mol. The summed E-state index contributed by atoms with van der Waals surface area (Å²) < 4.78 is 20.3. The van der Waals surface area contributed by atoms with Crippen molar-refractivity contribution in [2.45, 2.75) is 0 Å². The minimum atomic E-state index is -0.354. The second-order valence-electron chi connectivity index (χ2n) is 4.25. The average Bonchev–Trinajstić information content (AvgIpc) is 2.83. The van der Waals surface area contributed by atoms with E-state index in [9.17, 15) is 9.18 Å². The molecule has 1 aromatic heterocycles. The van der Waals surface area contributed by atoms with Gasteiger partial charge in [-0.15, -0.1) is 0 Å². The van der Waals surface area contributed by atoms with Gasteiger partial charge in [0.1, 0.15) is 11.4 Å². The lowest BCUT2D eigenvalue weighted by Crippen LogP contribution is -2.01. The fraction of sp³-hybridized carbons (Fsp3) is 0. The number of furan rings is 1. The highest BCUT2D eigenvalue weighted by Crippen LogP contribution is 2.26. The number of ketones is 1. The molecule has 0 aliphatic heterocycles. The van der Waals surface area contributed by atoms with Crippen molar-refractivity contribution in [2.24, 2.45) is 0 Å². The fourth-order valence-electron chi connectivity index (χ4n) is 1.93. The van der Waals surface area contributed by atoms with Crippen molar-refractivity contribution in [1.82, 2.24) is 0 Å². The summed E-state index contributed by atoms with van der Waals surface area (Å²) in [5, 5.41) is 0.579. The van der Waals surface area contributed by atoms with E-state index >= 15 is 0 Å². The summed E-state index contributed by atoms with van der Waals surface area (Å²) in [6.07, 6.45) is 0. The zero-order valence-corrected chi connectivity index (χ0v) is 13.7. The van der Waals surface area contributed by atoms with Gasteiger partial charge >= 0.3 is 0 Å². The predicted molar refractivity (Wildman–Crippen MR) is 86.5 cm³/mol. The first-order valence-electron chi connectivity index (χ1n) is 5.73. The summed E-state index contributed by atoms with van der Waals surface area (Å²) in [5.74, 6) is -0.381. The molecule has 2 aromatic carbocycles. The van der Waals surface area contributed by atoms with Crippen LogP contribution in [-0.4, -0.2) is 5.78 Å². The van der Waals surface area contributed by atoms with Crippen molar-refractivity contribution in [3.05, 3.63) is 67.6 Å². The van der Waals surface area contributed by atoms with E-state index in [0.717, 1.165) is 3.57 Å². The van der Waals surface area contributed by atoms with Gasteiger partial charge in [-0.2, -0.15) is 0 Å². The molecule has 0 saturated carbocycles. The third-order valence-electron chi connectivity index (χ3n) is 2.88. The summed E-state index contributed by atoms with van der Waals surface area (Å²) in [7, 11) is 0. The predicted octanol–water partition coefficient (Wildman–Crippen LogP) is 5.17. The van der Waals surface area contributed by atoms with E-state index < -0.39 is 0 Å². The number of benzene rings is 2. The molecule has 0 fully saturated rings. The van der Waals surface area contributed by atoms with Gasteiger partial charge in [0.2, 0.25) is 5.78 Å². The molecule has 0 spiro atoms. The fourth-order valence-corrected chi connectivity index (χ4v) is 2.85. The van der Waals surface area contributed by atoms with Gasteiger partial charge in [0, 0.05) is 19.0 Å². The van der Waals surface area contributed by atoms with Gasteiger partial charge in [-0.25, -0.2) is 4.39 Å². The molecule has 5 heteroatoms. The molecule has 2 nitrogen and oxygen atoms in total. The van der Waals surface area contributed by atoms with Crippen molar-refractivity contribution in [3.8, 4) is 0 Å². The Morgan fingerprint density at radius 3 is 2.75 bits per heavy atom. The second-order valence-corrected chi connectivity index (χ2v) is 6.35. The summed E-state index contributed by atoms with van der Waals surface area (Å²) in [6.45, 7) is 0. The number of hydrogen-bond donors (Lipinski definition) is 0. The Morgan fingerprint density at radius 2 is 1.95 bits per heavy atom. The van der Waals surface area contributed by atoms with Crippen LogP contribution in [0.4, 0.5) is 4.39 Å².